The summed E-state index contributed by atoms with van der Waals surface area (Å²) in [5.74, 6) is -0.234. The van der Waals surface area contributed by atoms with Gasteiger partial charge in [0.1, 0.15) is 5.70 Å². The number of benzene rings is 1. The molecule has 0 unspecified atom stereocenters. The van der Waals surface area contributed by atoms with Gasteiger partial charge in [-0.2, -0.15) is 0 Å². The van der Waals surface area contributed by atoms with Gasteiger partial charge in [-0.15, -0.1) is 0 Å². The average molecular weight is 301 g/mol. The van der Waals surface area contributed by atoms with Crippen molar-refractivity contribution in [3.8, 4) is 0 Å². The van der Waals surface area contributed by atoms with Crippen molar-refractivity contribution in [2.45, 2.75) is 20.8 Å². The highest BCUT2D eigenvalue weighted by molar-refractivity contribution is 6.13. The Balaban J connectivity index is 2.26. The number of rotatable bonds is 5. The molecule has 1 aliphatic heterocycles. The minimum absolute atomic E-state index is 0.234. The second kappa shape index (κ2) is 6.64. The van der Waals surface area contributed by atoms with E-state index in [2.05, 4.69) is 18.7 Å². The first kappa shape index (κ1) is 16.1. The van der Waals surface area contributed by atoms with Crippen LogP contribution in [0.5, 0.6) is 0 Å². The van der Waals surface area contributed by atoms with Gasteiger partial charge < -0.3 is 4.90 Å². The molecule has 0 aliphatic carbocycles. The summed E-state index contributed by atoms with van der Waals surface area (Å²) in [4.78, 5) is 29.1. The first-order chi connectivity index (χ1) is 10.5. The van der Waals surface area contributed by atoms with Crippen LogP contribution in [0.15, 0.2) is 30.0 Å². The zero-order valence-corrected chi connectivity index (χ0v) is 13.7. The Labute approximate surface area is 131 Å². The van der Waals surface area contributed by atoms with Gasteiger partial charge in [0.25, 0.3) is 5.91 Å². The van der Waals surface area contributed by atoms with Crippen LogP contribution in [-0.2, 0) is 4.79 Å². The predicted molar refractivity (Wildman–Crippen MR) is 88.5 cm³/mol. The maximum Gasteiger partial charge on any atom is 0.331 e. The Morgan fingerprint density at radius 1 is 1.05 bits per heavy atom. The molecule has 1 saturated heterocycles. The molecular weight excluding hydrogens is 278 g/mol. The number of carbonyl (C=O) groups excluding carboxylic acids is 2. The van der Waals surface area contributed by atoms with E-state index in [9.17, 15) is 9.59 Å². The van der Waals surface area contributed by atoms with Crippen LogP contribution in [0, 0.1) is 0 Å². The van der Waals surface area contributed by atoms with Gasteiger partial charge >= 0.3 is 6.03 Å². The zero-order chi connectivity index (χ0) is 16.3. The summed E-state index contributed by atoms with van der Waals surface area (Å²) < 4.78 is 0. The number of amides is 3. The van der Waals surface area contributed by atoms with Crippen molar-refractivity contribution in [1.82, 2.24) is 9.80 Å². The molecule has 0 saturated carbocycles. The fourth-order valence-corrected chi connectivity index (χ4v) is 2.62. The number of likely N-dealkylation sites (N-methyl/N-ethyl adjacent to an activating group) is 2. The highest BCUT2D eigenvalue weighted by atomic mass is 16.2. The Kier molecular flexibility index (Phi) is 4.85. The first-order valence-electron chi connectivity index (χ1n) is 7.69. The Hall–Kier alpha value is -2.30. The Morgan fingerprint density at radius 2 is 1.64 bits per heavy atom. The van der Waals surface area contributed by atoms with Gasteiger partial charge in [0.15, 0.2) is 0 Å². The van der Waals surface area contributed by atoms with E-state index in [1.54, 1.807) is 20.0 Å². The van der Waals surface area contributed by atoms with Crippen LogP contribution in [0.25, 0.3) is 6.08 Å². The van der Waals surface area contributed by atoms with Crippen molar-refractivity contribution in [2.24, 2.45) is 0 Å². The smallest absolute Gasteiger partial charge is 0.331 e. The molecule has 5 heteroatoms. The summed E-state index contributed by atoms with van der Waals surface area (Å²) in [7, 11) is 1.63. The number of anilines is 1. The van der Waals surface area contributed by atoms with Gasteiger partial charge in [0.2, 0.25) is 0 Å². The normalized spacial score (nSPS) is 16.8. The number of urea groups is 1. The zero-order valence-electron chi connectivity index (χ0n) is 13.7. The number of nitrogens with zero attached hydrogens (tertiary/aromatic N) is 3. The van der Waals surface area contributed by atoms with Gasteiger partial charge in [-0.05, 0) is 44.5 Å². The van der Waals surface area contributed by atoms with Crippen molar-refractivity contribution >= 4 is 23.7 Å². The third kappa shape index (κ3) is 2.84. The third-order valence-electron chi connectivity index (χ3n) is 3.98. The minimum atomic E-state index is -0.265. The number of hydrogen-bond acceptors (Lipinski definition) is 3. The van der Waals surface area contributed by atoms with Crippen LogP contribution in [0.2, 0.25) is 0 Å². The van der Waals surface area contributed by atoms with Gasteiger partial charge in [-0.1, -0.05) is 12.1 Å². The van der Waals surface area contributed by atoms with Crippen molar-refractivity contribution in [1.29, 1.82) is 0 Å². The molecule has 118 valence electrons. The lowest BCUT2D eigenvalue weighted by Gasteiger charge is -2.20. The average Bonchev–Trinajstić information content (AvgIpc) is 2.73. The molecule has 1 aromatic rings. The number of imide groups is 1. The van der Waals surface area contributed by atoms with Crippen LogP contribution in [0.1, 0.15) is 26.3 Å². The monoisotopic (exact) mass is 301 g/mol. The molecule has 0 aromatic heterocycles. The summed E-state index contributed by atoms with van der Waals surface area (Å²) in [6, 6.07) is 7.76. The van der Waals surface area contributed by atoms with Crippen molar-refractivity contribution < 1.29 is 9.59 Å². The molecule has 0 N–H and O–H groups in total. The molecule has 3 amide bonds. The minimum Gasteiger partial charge on any atom is -0.372 e. The summed E-state index contributed by atoms with van der Waals surface area (Å²) >= 11 is 0. The maximum atomic E-state index is 12.2. The van der Waals surface area contributed by atoms with Crippen LogP contribution in [0.3, 0.4) is 0 Å². The first-order valence-corrected chi connectivity index (χ1v) is 7.69. The molecular formula is C17H23N3O2. The van der Waals surface area contributed by atoms with Crippen molar-refractivity contribution in [2.75, 3.05) is 31.6 Å². The van der Waals surface area contributed by atoms with Crippen LogP contribution >= 0.6 is 0 Å². The van der Waals surface area contributed by atoms with E-state index in [1.165, 1.54) is 9.80 Å². The molecule has 1 aromatic carbocycles. The van der Waals surface area contributed by atoms with Crippen LogP contribution in [0.4, 0.5) is 10.5 Å². The van der Waals surface area contributed by atoms with E-state index < -0.39 is 0 Å². The molecule has 5 nitrogen and oxygen atoms in total. The van der Waals surface area contributed by atoms with E-state index in [0.29, 0.717) is 12.2 Å². The fraction of sp³-hybridized carbons (Fsp3) is 0.412. The van der Waals surface area contributed by atoms with E-state index >= 15 is 0 Å². The fourth-order valence-electron chi connectivity index (χ4n) is 2.62. The summed E-state index contributed by atoms with van der Waals surface area (Å²) in [5.41, 5.74) is 2.49. The van der Waals surface area contributed by atoms with Crippen LogP contribution in [-0.4, -0.2) is 48.4 Å². The molecule has 22 heavy (non-hydrogen) atoms. The standard InChI is InChI=1S/C17H23N3O2/c1-5-19(6-2)14-10-8-13(9-11-14)12-15-16(21)20(7-3)17(22)18(15)4/h8-12H,5-7H2,1-4H3/b15-12+. The van der Waals surface area contributed by atoms with Gasteiger partial charge in [-0.3, -0.25) is 14.6 Å². The van der Waals surface area contributed by atoms with E-state index in [0.717, 1.165) is 24.3 Å². The van der Waals surface area contributed by atoms with Crippen molar-refractivity contribution in [3.63, 3.8) is 0 Å². The summed E-state index contributed by atoms with van der Waals surface area (Å²) in [5, 5.41) is 0. The van der Waals surface area contributed by atoms with E-state index in [4.69, 9.17) is 0 Å². The van der Waals surface area contributed by atoms with Gasteiger partial charge in [0.05, 0.1) is 0 Å². The van der Waals surface area contributed by atoms with E-state index in [1.807, 2.05) is 24.3 Å². The Bertz CT molecular complexity index is 588. The lowest BCUT2D eigenvalue weighted by molar-refractivity contribution is -0.122. The SMILES string of the molecule is CCN1C(=O)/C(=C\c2ccc(N(CC)CC)cc2)N(C)C1=O. The molecule has 1 aliphatic rings. The predicted octanol–water partition coefficient (Wildman–Crippen LogP) is 2.79. The quantitative estimate of drug-likeness (QED) is 0.620. The number of carbonyl (C=O) groups is 2. The van der Waals surface area contributed by atoms with Crippen molar-refractivity contribution in [3.05, 3.63) is 35.5 Å². The highest BCUT2D eigenvalue weighted by Crippen LogP contribution is 2.23. The van der Waals surface area contributed by atoms with Gasteiger partial charge in [0, 0.05) is 32.4 Å². The lowest BCUT2D eigenvalue weighted by atomic mass is 10.1. The lowest BCUT2D eigenvalue weighted by Crippen LogP contribution is -2.31. The summed E-state index contributed by atoms with van der Waals surface area (Å²) in [6.07, 6.45) is 1.77. The second-order valence-electron chi connectivity index (χ2n) is 5.18. The molecule has 0 bridgehead atoms. The van der Waals surface area contributed by atoms with E-state index in [-0.39, 0.29) is 11.9 Å². The maximum absolute atomic E-state index is 12.2. The molecule has 2 rings (SSSR count). The molecule has 0 atom stereocenters. The van der Waals surface area contributed by atoms with Gasteiger partial charge in [-0.25, -0.2) is 4.79 Å². The van der Waals surface area contributed by atoms with Crippen LogP contribution < -0.4 is 4.90 Å². The second-order valence-corrected chi connectivity index (χ2v) is 5.18. The molecule has 1 heterocycles. The molecule has 1 fully saturated rings. The topological polar surface area (TPSA) is 43.9 Å². The highest BCUT2D eigenvalue weighted by Gasteiger charge is 2.37. The third-order valence-corrected chi connectivity index (χ3v) is 3.98. The number of hydrogen-bond donors (Lipinski definition) is 0. The largest absolute Gasteiger partial charge is 0.372 e. The molecule has 0 radical (unpaired) electrons. The molecule has 0 spiro atoms. The summed E-state index contributed by atoms with van der Waals surface area (Å²) in [6.45, 7) is 8.34. The Morgan fingerprint density at radius 3 is 2.09 bits per heavy atom.